The molecule has 0 unspecified atom stereocenters. The van der Waals surface area contributed by atoms with Crippen molar-refractivity contribution in [2.45, 2.75) is 0 Å². The topological polar surface area (TPSA) is 97.8 Å². The van der Waals surface area contributed by atoms with Gasteiger partial charge >= 0.3 is 5.97 Å². The molecule has 0 bridgehead atoms. The van der Waals surface area contributed by atoms with Crippen LogP contribution >= 0.6 is 11.3 Å². The Morgan fingerprint density at radius 1 is 1.04 bits per heavy atom. The second-order valence-electron chi connectivity index (χ2n) is 5.70. The number of carboxylic acid groups (broad SMARTS) is 1. The summed E-state index contributed by atoms with van der Waals surface area (Å²) in [4.78, 5) is 28.1. The summed E-state index contributed by atoms with van der Waals surface area (Å²) in [7, 11) is 0. The Bertz CT molecular complexity index is 1030. The third-order valence-corrected chi connectivity index (χ3v) is 4.72. The lowest BCUT2D eigenvalue weighted by Crippen LogP contribution is -2.16. The number of benzene rings is 2. The van der Waals surface area contributed by atoms with E-state index in [9.17, 15) is 14.7 Å². The van der Waals surface area contributed by atoms with Crippen LogP contribution in [0.15, 0.2) is 47.8 Å². The first-order valence-corrected chi connectivity index (χ1v) is 8.99. The zero-order chi connectivity index (χ0) is 18.8. The molecule has 4 rings (SSSR count). The Balaban J connectivity index is 1.55. The molecule has 2 aromatic carbocycles. The average Bonchev–Trinajstić information content (AvgIpc) is 3.16. The first-order valence-electron chi connectivity index (χ1n) is 8.11. The molecule has 1 aromatic heterocycles. The first kappa shape index (κ1) is 17.0. The van der Waals surface area contributed by atoms with E-state index in [1.165, 1.54) is 23.5 Å². The van der Waals surface area contributed by atoms with Crippen LogP contribution in [0.2, 0.25) is 0 Å². The molecule has 0 spiro atoms. The van der Waals surface area contributed by atoms with Gasteiger partial charge in [0.15, 0.2) is 16.6 Å². The highest BCUT2D eigenvalue weighted by molar-refractivity contribution is 7.14. The number of amides is 1. The van der Waals surface area contributed by atoms with Crippen LogP contribution in [0.5, 0.6) is 11.5 Å². The molecular weight excluding hydrogens is 368 g/mol. The van der Waals surface area contributed by atoms with E-state index in [-0.39, 0.29) is 11.1 Å². The van der Waals surface area contributed by atoms with Gasteiger partial charge in [0.05, 0.1) is 16.8 Å². The van der Waals surface area contributed by atoms with Gasteiger partial charge in [0.1, 0.15) is 13.2 Å². The van der Waals surface area contributed by atoms with Crippen molar-refractivity contribution in [3.63, 3.8) is 0 Å². The van der Waals surface area contributed by atoms with Gasteiger partial charge < -0.3 is 14.6 Å². The molecular formula is C19H14N2O5S. The molecule has 0 radical (unpaired) electrons. The molecule has 0 aliphatic carbocycles. The van der Waals surface area contributed by atoms with Crippen LogP contribution in [0.1, 0.15) is 20.7 Å². The van der Waals surface area contributed by atoms with Gasteiger partial charge in [-0.15, -0.1) is 11.3 Å². The van der Waals surface area contributed by atoms with E-state index in [1.54, 1.807) is 12.1 Å². The molecule has 2 heterocycles. The van der Waals surface area contributed by atoms with Crippen molar-refractivity contribution in [1.29, 1.82) is 0 Å². The normalized spacial score (nSPS) is 12.4. The third-order valence-electron chi connectivity index (χ3n) is 3.96. The van der Waals surface area contributed by atoms with Crippen LogP contribution in [-0.4, -0.2) is 35.2 Å². The Hall–Kier alpha value is -3.39. The maximum Gasteiger partial charge on any atom is 0.336 e. The lowest BCUT2D eigenvalue weighted by molar-refractivity contribution is 0.0692. The predicted molar refractivity (Wildman–Crippen MR) is 99.9 cm³/mol. The van der Waals surface area contributed by atoms with E-state index in [1.807, 2.05) is 23.6 Å². The zero-order valence-electron chi connectivity index (χ0n) is 14.0. The van der Waals surface area contributed by atoms with Crippen molar-refractivity contribution in [3.8, 4) is 22.8 Å². The highest BCUT2D eigenvalue weighted by Gasteiger charge is 2.18. The molecule has 7 nitrogen and oxygen atoms in total. The maximum atomic E-state index is 12.4. The van der Waals surface area contributed by atoms with Crippen LogP contribution in [0.25, 0.3) is 11.3 Å². The summed E-state index contributed by atoms with van der Waals surface area (Å²) >= 11 is 1.26. The van der Waals surface area contributed by atoms with E-state index in [2.05, 4.69) is 10.3 Å². The Morgan fingerprint density at radius 2 is 1.78 bits per heavy atom. The van der Waals surface area contributed by atoms with Crippen LogP contribution in [0.4, 0.5) is 5.13 Å². The maximum absolute atomic E-state index is 12.4. The van der Waals surface area contributed by atoms with E-state index in [0.717, 1.165) is 5.56 Å². The van der Waals surface area contributed by atoms with Crippen molar-refractivity contribution < 1.29 is 24.2 Å². The molecule has 0 atom stereocenters. The number of aromatic carboxylic acids is 1. The number of aromatic nitrogens is 1. The van der Waals surface area contributed by atoms with Gasteiger partial charge in [-0.1, -0.05) is 12.1 Å². The number of anilines is 1. The fraction of sp³-hybridized carbons (Fsp3) is 0.105. The second kappa shape index (κ2) is 7.08. The summed E-state index contributed by atoms with van der Waals surface area (Å²) in [6.07, 6.45) is 0. The van der Waals surface area contributed by atoms with Crippen molar-refractivity contribution in [2.75, 3.05) is 18.5 Å². The van der Waals surface area contributed by atoms with E-state index >= 15 is 0 Å². The van der Waals surface area contributed by atoms with Crippen molar-refractivity contribution in [3.05, 3.63) is 59.0 Å². The SMILES string of the molecule is O=C(O)c1ccccc1C(=O)Nc1nc(-c2ccc3c(c2)OCCO3)cs1. The highest BCUT2D eigenvalue weighted by Crippen LogP contribution is 2.35. The lowest BCUT2D eigenvalue weighted by Gasteiger charge is -2.18. The fourth-order valence-corrected chi connectivity index (χ4v) is 3.41. The molecule has 2 N–H and O–H groups in total. The number of carbonyl (C=O) groups excluding carboxylic acids is 1. The highest BCUT2D eigenvalue weighted by atomic mass is 32.1. The number of fused-ring (bicyclic) bond motifs is 1. The molecule has 8 heteroatoms. The average molecular weight is 382 g/mol. The summed E-state index contributed by atoms with van der Waals surface area (Å²) in [5.41, 5.74) is 1.54. The molecule has 1 aliphatic rings. The van der Waals surface area contributed by atoms with Crippen molar-refractivity contribution >= 4 is 28.3 Å². The smallest absolute Gasteiger partial charge is 0.336 e. The zero-order valence-corrected chi connectivity index (χ0v) is 14.8. The fourth-order valence-electron chi connectivity index (χ4n) is 2.70. The quantitative estimate of drug-likeness (QED) is 0.716. The molecule has 1 aliphatic heterocycles. The number of carbonyl (C=O) groups is 2. The number of nitrogens with one attached hydrogen (secondary N) is 1. The number of thiazole rings is 1. The molecule has 1 amide bonds. The Morgan fingerprint density at radius 3 is 2.56 bits per heavy atom. The predicted octanol–water partition coefficient (Wildman–Crippen LogP) is 3.53. The molecule has 0 saturated carbocycles. The number of carboxylic acids is 1. The third kappa shape index (κ3) is 3.47. The number of nitrogens with zero attached hydrogens (tertiary/aromatic N) is 1. The molecule has 27 heavy (non-hydrogen) atoms. The molecule has 0 fully saturated rings. The molecule has 136 valence electrons. The van der Waals surface area contributed by atoms with Gasteiger partial charge in [-0.25, -0.2) is 9.78 Å². The minimum atomic E-state index is -1.16. The standard InChI is InChI=1S/C19H14N2O5S/c22-17(12-3-1-2-4-13(12)18(23)24)21-19-20-14(10-27-19)11-5-6-15-16(9-11)26-8-7-25-15/h1-6,9-10H,7-8H2,(H,23,24)(H,20,21,22). The second-order valence-corrected chi connectivity index (χ2v) is 6.56. The summed E-state index contributed by atoms with van der Waals surface area (Å²) in [5.74, 6) is -0.320. The van der Waals surface area contributed by atoms with Crippen LogP contribution in [0.3, 0.4) is 0 Å². The van der Waals surface area contributed by atoms with E-state index < -0.39 is 11.9 Å². The van der Waals surface area contributed by atoms with Gasteiger partial charge in [0.2, 0.25) is 0 Å². The largest absolute Gasteiger partial charge is 0.486 e. The number of rotatable bonds is 4. The summed E-state index contributed by atoms with van der Waals surface area (Å²) in [5, 5.41) is 14.1. The van der Waals surface area contributed by atoms with Gasteiger partial charge in [0.25, 0.3) is 5.91 Å². The summed E-state index contributed by atoms with van der Waals surface area (Å²) in [6.45, 7) is 1.02. The van der Waals surface area contributed by atoms with Gasteiger partial charge in [-0.2, -0.15) is 0 Å². The van der Waals surface area contributed by atoms with Crippen LogP contribution < -0.4 is 14.8 Å². The van der Waals surface area contributed by atoms with Crippen LogP contribution in [0, 0.1) is 0 Å². The van der Waals surface area contributed by atoms with Gasteiger partial charge in [-0.3, -0.25) is 10.1 Å². The number of ether oxygens (including phenoxy) is 2. The minimum absolute atomic E-state index is 0.0568. The van der Waals surface area contributed by atoms with Crippen molar-refractivity contribution in [2.24, 2.45) is 0 Å². The minimum Gasteiger partial charge on any atom is -0.486 e. The lowest BCUT2D eigenvalue weighted by atomic mass is 10.1. The number of hydrogen-bond donors (Lipinski definition) is 2. The van der Waals surface area contributed by atoms with E-state index in [0.29, 0.717) is 35.5 Å². The van der Waals surface area contributed by atoms with Crippen molar-refractivity contribution in [1.82, 2.24) is 4.98 Å². The number of hydrogen-bond acceptors (Lipinski definition) is 6. The monoisotopic (exact) mass is 382 g/mol. The Kier molecular flexibility index (Phi) is 4.47. The summed E-state index contributed by atoms with van der Waals surface area (Å²) in [6, 6.07) is 11.6. The van der Waals surface area contributed by atoms with Crippen LogP contribution in [-0.2, 0) is 0 Å². The Labute approximate surface area is 158 Å². The summed E-state index contributed by atoms with van der Waals surface area (Å²) < 4.78 is 11.1. The molecule has 0 saturated heterocycles. The molecule has 3 aromatic rings. The first-order chi connectivity index (χ1) is 13.1. The van der Waals surface area contributed by atoms with E-state index in [4.69, 9.17) is 9.47 Å². The van der Waals surface area contributed by atoms with Gasteiger partial charge in [0, 0.05) is 10.9 Å². The van der Waals surface area contributed by atoms with Gasteiger partial charge in [-0.05, 0) is 30.3 Å².